The van der Waals surface area contributed by atoms with Crippen LogP contribution in [0.2, 0.25) is 0 Å². The number of rotatable bonds is 3. The van der Waals surface area contributed by atoms with Gasteiger partial charge in [-0.1, -0.05) is 36.4 Å². The fourth-order valence-electron chi connectivity index (χ4n) is 2.31. The maximum absolute atomic E-state index is 9.27. The number of pyridine rings is 1. The Hall–Kier alpha value is -2.35. The van der Waals surface area contributed by atoms with E-state index in [9.17, 15) is 5.11 Å². The molecule has 1 N–H and O–H groups in total. The molecule has 3 aromatic rings. The van der Waals surface area contributed by atoms with E-state index in [0.29, 0.717) is 5.75 Å². The minimum absolute atomic E-state index is 0.312. The van der Waals surface area contributed by atoms with E-state index in [2.05, 4.69) is 17.1 Å². The SMILES string of the molecule is Oc1ccc(CCc2nccc3ccccc23)cc1. The summed E-state index contributed by atoms with van der Waals surface area (Å²) in [6.07, 6.45) is 3.71. The highest BCUT2D eigenvalue weighted by atomic mass is 16.3. The number of phenols is 1. The fraction of sp³-hybridized carbons (Fsp3) is 0.118. The molecule has 0 saturated heterocycles. The molecule has 2 nitrogen and oxygen atoms in total. The van der Waals surface area contributed by atoms with Crippen molar-refractivity contribution in [1.29, 1.82) is 0 Å². The lowest BCUT2D eigenvalue weighted by molar-refractivity contribution is 0.475. The van der Waals surface area contributed by atoms with Gasteiger partial charge >= 0.3 is 0 Å². The second-order valence-electron chi connectivity index (χ2n) is 4.65. The van der Waals surface area contributed by atoms with Crippen LogP contribution < -0.4 is 0 Å². The van der Waals surface area contributed by atoms with Crippen molar-refractivity contribution in [2.45, 2.75) is 12.8 Å². The van der Waals surface area contributed by atoms with Crippen molar-refractivity contribution in [3.05, 3.63) is 72.1 Å². The Morgan fingerprint density at radius 3 is 2.47 bits per heavy atom. The number of nitrogens with zero attached hydrogens (tertiary/aromatic N) is 1. The monoisotopic (exact) mass is 249 g/mol. The molecule has 2 heteroatoms. The molecule has 0 unspecified atom stereocenters. The molecule has 19 heavy (non-hydrogen) atoms. The van der Waals surface area contributed by atoms with Crippen LogP contribution >= 0.6 is 0 Å². The second-order valence-corrected chi connectivity index (χ2v) is 4.65. The third kappa shape index (κ3) is 2.58. The first-order valence-electron chi connectivity index (χ1n) is 6.43. The summed E-state index contributed by atoms with van der Waals surface area (Å²) in [7, 11) is 0. The van der Waals surface area contributed by atoms with Crippen LogP contribution in [0.1, 0.15) is 11.3 Å². The Morgan fingerprint density at radius 2 is 1.63 bits per heavy atom. The van der Waals surface area contributed by atoms with Gasteiger partial charge in [0.2, 0.25) is 0 Å². The first-order chi connectivity index (χ1) is 9.33. The highest BCUT2D eigenvalue weighted by Gasteiger charge is 2.02. The van der Waals surface area contributed by atoms with E-state index in [-0.39, 0.29) is 0 Å². The van der Waals surface area contributed by atoms with E-state index >= 15 is 0 Å². The average Bonchev–Trinajstić information content (AvgIpc) is 2.47. The molecule has 0 saturated carbocycles. The number of hydrogen-bond donors (Lipinski definition) is 1. The maximum atomic E-state index is 9.27. The van der Waals surface area contributed by atoms with Crippen molar-refractivity contribution in [3.63, 3.8) is 0 Å². The van der Waals surface area contributed by atoms with Crippen LogP contribution in [-0.2, 0) is 12.8 Å². The normalized spacial score (nSPS) is 10.7. The highest BCUT2D eigenvalue weighted by Crippen LogP contribution is 2.18. The molecule has 94 valence electrons. The van der Waals surface area contributed by atoms with Gasteiger partial charge in [-0.05, 0) is 42.0 Å². The van der Waals surface area contributed by atoms with Gasteiger partial charge in [-0.25, -0.2) is 0 Å². The van der Waals surface area contributed by atoms with Gasteiger partial charge in [0.1, 0.15) is 5.75 Å². The van der Waals surface area contributed by atoms with Crippen molar-refractivity contribution in [1.82, 2.24) is 4.98 Å². The summed E-state index contributed by atoms with van der Waals surface area (Å²) >= 11 is 0. The Labute approximate surface area is 112 Å². The number of aromatic nitrogens is 1. The number of hydrogen-bond acceptors (Lipinski definition) is 2. The van der Waals surface area contributed by atoms with Crippen LogP contribution in [-0.4, -0.2) is 10.1 Å². The van der Waals surface area contributed by atoms with Crippen LogP contribution in [0.4, 0.5) is 0 Å². The van der Waals surface area contributed by atoms with Gasteiger partial charge in [-0.2, -0.15) is 0 Å². The van der Waals surface area contributed by atoms with Gasteiger partial charge in [0.05, 0.1) is 0 Å². The summed E-state index contributed by atoms with van der Waals surface area (Å²) in [4.78, 5) is 4.49. The number of phenolic OH excluding ortho intramolecular Hbond substituents is 1. The molecule has 1 heterocycles. The molecule has 0 amide bonds. The zero-order valence-corrected chi connectivity index (χ0v) is 10.6. The number of benzene rings is 2. The van der Waals surface area contributed by atoms with E-state index in [1.165, 1.54) is 16.3 Å². The van der Waals surface area contributed by atoms with Gasteiger partial charge in [0.25, 0.3) is 0 Å². The van der Waals surface area contributed by atoms with Gasteiger partial charge in [0.15, 0.2) is 0 Å². The quantitative estimate of drug-likeness (QED) is 0.767. The van der Waals surface area contributed by atoms with Crippen molar-refractivity contribution in [3.8, 4) is 5.75 Å². The minimum Gasteiger partial charge on any atom is -0.508 e. The van der Waals surface area contributed by atoms with Crippen LogP contribution in [0.5, 0.6) is 5.75 Å². The van der Waals surface area contributed by atoms with E-state index < -0.39 is 0 Å². The Balaban J connectivity index is 1.84. The van der Waals surface area contributed by atoms with Crippen LogP contribution in [0, 0.1) is 0 Å². The maximum Gasteiger partial charge on any atom is 0.115 e. The van der Waals surface area contributed by atoms with Crippen molar-refractivity contribution >= 4 is 10.8 Å². The molecule has 3 rings (SSSR count). The predicted octanol–water partition coefficient (Wildman–Crippen LogP) is 3.73. The van der Waals surface area contributed by atoms with Crippen LogP contribution in [0.3, 0.4) is 0 Å². The molecule has 0 aliphatic carbocycles. The molecule has 1 aromatic heterocycles. The Morgan fingerprint density at radius 1 is 0.842 bits per heavy atom. The largest absolute Gasteiger partial charge is 0.508 e. The average molecular weight is 249 g/mol. The van der Waals surface area contributed by atoms with Crippen molar-refractivity contribution < 1.29 is 5.11 Å². The summed E-state index contributed by atoms with van der Waals surface area (Å²) in [5, 5.41) is 11.7. The topological polar surface area (TPSA) is 33.1 Å². The first-order valence-corrected chi connectivity index (χ1v) is 6.43. The third-order valence-electron chi connectivity index (χ3n) is 3.34. The van der Waals surface area contributed by atoms with Crippen LogP contribution in [0.15, 0.2) is 60.8 Å². The summed E-state index contributed by atoms with van der Waals surface area (Å²) in [5.41, 5.74) is 2.35. The molecule has 0 radical (unpaired) electrons. The number of aromatic hydroxyl groups is 1. The number of fused-ring (bicyclic) bond motifs is 1. The predicted molar refractivity (Wildman–Crippen MR) is 77.3 cm³/mol. The summed E-state index contributed by atoms with van der Waals surface area (Å²) < 4.78 is 0. The van der Waals surface area contributed by atoms with Gasteiger partial charge < -0.3 is 5.11 Å². The minimum atomic E-state index is 0.312. The lowest BCUT2D eigenvalue weighted by atomic mass is 10.0. The van der Waals surface area contributed by atoms with E-state index in [1.54, 1.807) is 12.1 Å². The Bertz CT molecular complexity index is 684. The molecular formula is C17H15NO. The summed E-state index contributed by atoms with van der Waals surface area (Å²) in [6.45, 7) is 0. The van der Waals surface area contributed by atoms with Crippen molar-refractivity contribution in [2.24, 2.45) is 0 Å². The van der Waals surface area contributed by atoms with E-state index in [1.807, 2.05) is 36.5 Å². The highest BCUT2D eigenvalue weighted by molar-refractivity contribution is 5.84. The standard InChI is InChI=1S/C17H15NO/c19-15-8-5-13(6-9-15)7-10-17-16-4-2-1-3-14(16)11-12-18-17/h1-6,8-9,11-12,19H,7,10H2. The second kappa shape index (κ2) is 5.11. The lowest BCUT2D eigenvalue weighted by Gasteiger charge is -2.05. The molecule has 2 aromatic carbocycles. The smallest absolute Gasteiger partial charge is 0.115 e. The third-order valence-corrected chi connectivity index (χ3v) is 3.34. The van der Waals surface area contributed by atoms with Gasteiger partial charge in [-0.3, -0.25) is 4.98 Å². The lowest BCUT2D eigenvalue weighted by Crippen LogP contribution is -1.95. The van der Waals surface area contributed by atoms with Crippen LogP contribution in [0.25, 0.3) is 10.8 Å². The fourth-order valence-corrected chi connectivity index (χ4v) is 2.31. The molecule has 0 bridgehead atoms. The zero-order chi connectivity index (χ0) is 13.1. The molecule has 0 aliphatic rings. The first kappa shape index (κ1) is 11.7. The molecule has 0 aliphatic heterocycles. The van der Waals surface area contributed by atoms with Gasteiger partial charge in [-0.15, -0.1) is 0 Å². The zero-order valence-electron chi connectivity index (χ0n) is 10.6. The molecule has 0 spiro atoms. The van der Waals surface area contributed by atoms with E-state index in [4.69, 9.17) is 0 Å². The molecule has 0 fully saturated rings. The van der Waals surface area contributed by atoms with Crippen molar-refractivity contribution in [2.75, 3.05) is 0 Å². The number of aryl methyl sites for hydroxylation is 2. The van der Waals surface area contributed by atoms with E-state index in [0.717, 1.165) is 18.5 Å². The molecular weight excluding hydrogens is 234 g/mol. The molecule has 0 atom stereocenters. The van der Waals surface area contributed by atoms with Gasteiger partial charge in [0, 0.05) is 17.3 Å². The Kier molecular flexibility index (Phi) is 3.15. The summed E-state index contributed by atoms with van der Waals surface area (Å²) in [5.74, 6) is 0.312. The summed E-state index contributed by atoms with van der Waals surface area (Å²) in [6, 6.07) is 17.7.